The molecule has 0 saturated carbocycles. The van der Waals surface area contributed by atoms with Crippen LogP contribution >= 0.6 is 23.1 Å². The average molecular weight is 283 g/mol. The molecule has 1 aliphatic heterocycles. The first-order valence-corrected chi connectivity index (χ1v) is 7.25. The molecule has 0 bridgehead atoms. The lowest BCUT2D eigenvalue weighted by molar-refractivity contribution is -0.122. The molecule has 6 heteroatoms. The maximum Gasteiger partial charge on any atom is 0.293 e. The van der Waals surface area contributed by atoms with E-state index in [0.717, 1.165) is 17.3 Å². The monoisotopic (exact) mass is 283 g/mol. The van der Waals surface area contributed by atoms with Gasteiger partial charge in [-0.05, 0) is 46.6 Å². The third kappa shape index (κ3) is 3.01. The number of methoxy groups -OCH3 is 1. The van der Waals surface area contributed by atoms with E-state index < -0.39 is 0 Å². The maximum atomic E-state index is 12.0. The predicted molar refractivity (Wildman–Crippen MR) is 73.5 cm³/mol. The number of carbonyl (C=O) groups excluding carboxylic acids is 2. The molecule has 1 aromatic heterocycles. The molecular formula is C12H13NO3S2. The molecule has 0 aromatic carbocycles. The predicted octanol–water partition coefficient (Wildman–Crippen LogP) is 2.82. The molecule has 2 heterocycles. The van der Waals surface area contributed by atoms with E-state index in [1.807, 2.05) is 16.8 Å². The molecule has 1 fully saturated rings. The number of amides is 2. The van der Waals surface area contributed by atoms with E-state index in [1.54, 1.807) is 24.5 Å². The number of thioether (sulfide) groups is 1. The van der Waals surface area contributed by atoms with E-state index in [0.29, 0.717) is 24.5 Å². The van der Waals surface area contributed by atoms with Crippen molar-refractivity contribution in [1.29, 1.82) is 0 Å². The highest BCUT2D eigenvalue weighted by atomic mass is 32.2. The number of hydrogen-bond donors (Lipinski definition) is 0. The molecule has 2 amide bonds. The number of imide groups is 1. The number of hydrogen-bond acceptors (Lipinski definition) is 5. The summed E-state index contributed by atoms with van der Waals surface area (Å²) in [6.07, 6.45) is 2.43. The largest absolute Gasteiger partial charge is 0.385 e. The summed E-state index contributed by atoms with van der Waals surface area (Å²) in [5.74, 6) is -0.202. The molecule has 0 atom stereocenters. The van der Waals surface area contributed by atoms with Gasteiger partial charge in [-0.2, -0.15) is 11.3 Å². The van der Waals surface area contributed by atoms with Gasteiger partial charge in [0.1, 0.15) is 0 Å². The Bertz CT molecular complexity index is 468. The van der Waals surface area contributed by atoms with E-state index in [9.17, 15) is 9.59 Å². The highest BCUT2D eigenvalue weighted by Gasteiger charge is 2.34. The summed E-state index contributed by atoms with van der Waals surface area (Å²) in [5, 5.41) is 3.69. The van der Waals surface area contributed by atoms with Gasteiger partial charge in [-0.1, -0.05) is 0 Å². The first-order valence-electron chi connectivity index (χ1n) is 5.49. The molecule has 0 aliphatic carbocycles. The van der Waals surface area contributed by atoms with Crippen LogP contribution in [0, 0.1) is 0 Å². The van der Waals surface area contributed by atoms with Crippen molar-refractivity contribution in [2.45, 2.75) is 6.42 Å². The SMILES string of the molecule is COCCCN1C(=O)S/C(=C/c2ccsc2)C1=O. The molecule has 0 unspecified atom stereocenters. The Morgan fingerprint density at radius 1 is 1.44 bits per heavy atom. The van der Waals surface area contributed by atoms with Gasteiger partial charge in [0.2, 0.25) is 0 Å². The number of ether oxygens (including phenoxy) is 1. The lowest BCUT2D eigenvalue weighted by Crippen LogP contribution is -2.29. The minimum absolute atomic E-state index is 0.197. The lowest BCUT2D eigenvalue weighted by atomic mass is 10.3. The smallest absolute Gasteiger partial charge is 0.293 e. The molecule has 0 radical (unpaired) electrons. The highest BCUT2D eigenvalue weighted by molar-refractivity contribution is 8.18. The second-order valence-electron chi connectivity index (χ2n) is 3.74. The second-order valence-corrected chi connectivity index (χ2v) is 5.51. The summed E-state index contributed by atoms with van der Waals surface area (Å²) < 4.78 is 4.91. The number of carbonyl (C=O) groups is 2. The van der Waals surface area contributed by atoms with Crippen LogP contribution in [0.4, 0.5) is 4.79 Å². The fraction of sp³-hybridized carbons (Fsp3) is 0.333. The van der Waals surface area contributed by atoms with Crippen LogP contribution in [0.5, 0.6) is 0 Å². The fourth-order valence-electron chi connectivity index (χ4n) is 1.57. The third-order valence-electron chi connectivity index (χ3n) is 2.44. The Morgan fingerprint density at radius 3 is 2.94 bits per heavy atom. The Balaban J connectivity index is 2.04. The Morgan fingerprint density at radius 2 is 2.28 bits per heavy atom. The summed E-state index contributed by atoms with van der Waals surface area (Å²) in [6, 6.07) is 1.92. The summed E-state index contributed by atoms with van der Waals surface area (Å²) in [7, 11) is 1.60. The van der Waals surface area contributed by atoms with Gasteiger partial charge in [0, 0.05) is 20.3 Å². The molecular weight excluding hydrogens is 270 g/mol. The fourth-order valence-corrected chi connectivity index (χ4v) is 3.05. The quantitative estimate of drug-likeness (QED) is 0.616. The van der Waals surface area contributed by atoms with Gasteiger partial charge in [0.25, 0.3) is 11.1 Å². The van der Waals surface area contributed by atoms with Crippen LogP contribution in [0.1, 0.15) is 12.0 Å². The van der Waals surface area contributed by atoms with Crippen LogP contribution in [0.3, 0.4) is 0 Å². The van der Waals surface area contributed by atoms with Crippen molar-refractivity contribution in [3.63, 3.8) is 0 Å². The number of rotatable bonds is 5. The zero-order chi connectivity index (χ0) is 13.0. The van der Waals surface area contributed by atoms with Gasteiger partial charge in [-0.15, -0.1) is 0 Å². The second kappa shape index (κ2) is 6.17. The molecule has 0 spiro atoms. The van der Waals surface area contributed by atoms with Crippen molar-refractivity contribution in [2.75, 3.05) is 20.3 Å². The summed E-state index contributed by atoms with van der Waals surface area (Å²) in [6.45, 7) is 0.963. The Kier molecular flexibility index (Phi) is 4.57. The topological polar surface area (TPSA) is 46.6 Å². The summed E-state index contributed by atoms with van der Waals surface area (Å²) >= 11 is 2.56. The van der Waals surface area contributed by atoms with Gasteiger partial charge in [-0.3, -0.25) is 14.5 Å². The number of nitrogens with zero attached hydrogens (tertiary/aromatic N) is 1. The molecule has 18 heavy (non-hydrogen) atoms. The normalized spacial score (nSPS) is 18.1. The van der Waals surface area contributed by atoms with E-state index in [1.165, 1.54) is 4.90 Å². The highest BCUT2D eigenvalue weighted by Crippen LogP contribution is 2.32. The molecule has 4 nitrogen and oxygen atoms in total. The molecule has 1 aromatic rings. The number of thiophene rings is 1. The standard InChI is InChI=1S/C12H13NO3S2/c1-16-5-2-4-13-11(14)10(18-12(13)15)7-9-3-6-17-8-9/h3,6-8H,2,4-5H2,1H3/b10-7+. The molecule has 0 N–H and O–H groups in total. The Labute approximate surface area is 114 Å². The van der Waals surface area contributed by atoms with Crippen LogP contribution in [0.25, 0.3) is 6.08 Å². The Hall–Kier alpha value is -1.11. The molecule has 1 saturated heterocycles. The van der Waals surface area contributed by atoms with Gasteiger partial charge >= 0.3 is 0 Å². The third-order valence-corrected chi connectivity index (χ3v) is 4.05. The maximum absolute atomic E-state index is 12.0. The van der Waals surface area contributed by atoms with Gasteiger partial charge < -0.3 is 4.74 Å². The zero-order valence-corrected chi connectivity index (χ0v) is 11.6. The van der Waals surface area contributed by atoms with Crippen molar-refractivity contribution in [1.82, 2.24) is 4.90 Å². The first kappa shape index (κ1) is 13.3. The molecule has 96 valence electrons. The zero-order valence-electron chi connectivity index (χ0n) is 9.92. The van der Waals surface area contributed by atoms with Crippen molar-refractivity contribution in [3.8, 4) is 0 Å². The summed E-state index contributed by atoms with van der Waals surface area (Å²) in [4.78, 5) is 25.5. The van der Waals surface area contributed by atoms with E-state index in [-0.39, 0.29) is 11.1 Å². The van der Waals surface area contributed by atoms with E-state index >= 15 is 0 Å². The minimum Gasteiger partial charge on any atom is -0.385 e. The van der Waals surface area contributed by atoms with E-state index in [2.05, 4.69) is 0 Å². The van der Waals surface area contributed by atoms with Crippen molar-refractivity contribution >= 4 is 40.3 Å². The van der Waals surface area contributed by atoms with Crippen LogP contribution in [0.15, 0.2) is 21.7 Å². The van der Waals surface area contributed by atoms with Crippen molar-refractivity contribution < 1.29 is 14.3 Å². The van der Waals surface area contributed by atoms with Crippen LogP contribution in [-0.2, 0) is 9.53 Å². The van der Waals surface area contributed by atoms with Crippen LogP contribution in [-0.4, -0.2) is 36.3 Å². The molecule has 2 rings (SSSR count). The first-order chi connectivity index (χ1) is 8.72. The lowest BCUT2D eigenvalue weighted by Gasteiger charge is -2.11. The van der Waals surface area contributed by atoms with Gasteiger partial charge in [0.15, 0.2) is 0 Å². The van der Waals surface area contributed by atoms with Gasteiger partial charge in [0.05, 0.1) is 4.91 Å². The van der Waals surface area contributed by atoms with Gasteiger partial charge in [-0.25, -0.2) is 0 Å². The van der Waals surface area contributed by atoms with Crippen molar-refractivity contribution in [3.05, 3.63) is 27.3 Å². The average Bonchev–Trinajstić information content (AvgIpc) is 2.93. The van der Waals surface area contributed by atoms with Crippen molar-refractivity contribution in [2.24, 2.45) is 0 Å². The summed E-state index contributed by atoms with van der Waals surface area (Å²) in [5.41, 5.74) is 0.961. The van der Waals surface area contributed by atoms with E-state index in [4.69, 9.17) is 4.74 Å². The van der Waals surface area contributed by atoms with Crippen LogP contribution in [0.2, 0.25) is 0 Å². The molecule has 1 aliphatic rings. The minimum atomic E-state index is -0.202. The van der Waals surface area contributed by atoms with Crippen LogP contribution < -0.4 is 0 Å².